The summed E-state index contributed by atoms with van der Waals surface area (Å²) in [6.45, 7) is 0. The molecule has 0 aliphatic carbocycles. The van der Waals surface area contributed by atoms with Gasteiger partial charge in [-0.3, -0.25) is 9.48 Å². The summed E-state index contributed by atoms with van der Waals surface area (Å²) in [6.07, 6.45) is 1.35. The third kappa shape index (κ3) is 2.51. The van der Waals surface area contributed by atoms with Gasteiger partial charge in [-0.05, 0) is 18.2 Å². The summed E-state index contributed by atoms with van der Waals surface area (Å²) >= 11 is 5.81. The minimum Gasteiger partial charge on any atom is -0.481 e. The second kappa shape index (κ2) is 4.78. The van der Waals surface area contributed by atoms with Crippen molar-refractivity contribution in [2.75, 3.05) is 0 Å². The second-order valence-corrected chi connectivity index (χ2v) is 4.31. The minimum absolute atomic E-state index is 0.208. The molecule has 2 aromatic rings. The summed E-state index contributed by atoms with van der Waals surface area (Å²) in [5, 5.41) is 13.3. The van der Waals surface area contributed by atoms with E-state index >= 15 is 0 Å². The van der Waals surface area contributed by atoms with Crippen LogP contribution in [0.4, 0.5) is 4.39 Å². The standard InChI is InChI=1S/C12H10ClFN2O2/c1-16-6-7(4-11(17)18)12(15-16)9-5-8(13)2-3-10(9)14/h2-3,5-6H,4H2,1H3,(H,17,18). The van der Waals surface area contributed by atoms with Crippen molar-refractivity contribution < 1.29 is 14.3 Å². The molecule has 0 fully saturated rings. The van der Waals surface area contributed by atoms with E-state index in [1.807, 2.05) is 0 Å². The molecule has 0 unspecified atom stereocenters. The summed E-state index contributed by atoms with van der Waals surface area (Å²) in [7, 11) is 1.65. The number of aryl methyl sites for hydroxylation is 1. The highest BCUT2D eigenvalue weighted by Crippen LogP contribution is 2.27. The maximum absolute atomic E-state index is 13.7. The van der Waals surface area contributed by atoms with Gasteiger partial charge in [0.05, 0.1) is 12.1 Å². The van der Waals surface area contributed by atoms with Gasteiger partial charge in [0.1, 0.15) is 5.82 Å². The molecule has 1 aromatic heterocycles. The third-order valence-electron chi connectivity index (χ3n) is 2.43. The molecule has 1 aromatic carbocycles. The van der Waals surface area contributed by atoms with Crippen LogP contribution in [0.1, 0.15) is 5.56 Å². The summed E-state index contributed by atoms with van der Waals surface area (Å²) in [4.78, 5) is 10.8. The molecule has 94 valence electrons. The molecule has 0 saturated carbocycles. The number of hydrogen-bond acceptors (Lipinski definition) is 2. The van der Waals surface area contributed by atoms with Crippen molar-refractivity contribution >= 4 is 17.6 Å². The minimum atomic E-state index is -0.994. The topological polar surface area (TPSA) is 55.1 Å². The lowest BCUT2D eigenvalue weighted by atomic mass is 10.1. The number of carbonyl (C=O) groups is 1. The highest BCUT2D eigenvalue weighted by atomic mass is 35.5. The Morgan fingerprint density at radius 3 is 2.94 bits per heavy atom. The zero-order valence-electron chi connectivity index (χ0n) is 9.52. The van der Waals surface area contributed by atoms with Crippen LogP contribution >= 0.6 is 11.6 Å². The van der Waals surface area contributed by atoms with Crippen LogP contribution in [-0.4, -0.2) is 20.9 Å². The van der Waals surface area contributed by atoms with Gasteiger partial charge in [0, 0.05) is 29.4 Å². The monoisotopic (exact) mass is 268 g/mol. The van der Waals surface area contributed by atoms with Gasteiger partial charge in [-0.1, -0.05) is 11.6 Å². The highest BCUT2D eigenvalue weighted by molar-refractivity contribution is 6.30. The zero-order chi connectivity index (χ0) is 13.3. The van der Waals surface area contributed by atoms with Crippen LogP contribution in [0.2, 0.25) is 5.02 Å². The number of aliphatic carboxylic acids is 1. The van der Waals surface area contributed by atoms with E-state index in [0.29, 0.717) is 16.3 Å². The molecule has 0 radical (unpaired) electrons. The maximum atomic E-state index is 13.7. The fourth-order valence-corrected chi connectivity index (χ4v) is 1.91. The summed E-state index contributed by atoms with van der Waals surface area (Å²) in [5.41, 5.74) is 0.963. The number of aromatic nitrogens is 2. The van der Waals surface area contributed by atoms with Crippen LogP contribution in [0.5, 0.6) is 0 Å². The Labute approximate surface area is 108 Å². The fourth-order valence-electron chi connectivity index (χ4n) is 1.74. The van der Waals surface area contributed by atoms with Crippen LogP contribution in [0.3, 0.4) is 0 Å². The molecule has 6 heteroatoms. The van der Waals surface area contributed by atoms with Crippen molar-refractivity contribution in [2.45, 2.75) is 6.42 Å². The molecule has 0 saturated heterocycles. The lowest BCUT2D eigenvalue weighted by molar-refractivity contribution is -0.136. The molecule has 0 aliphatic heterocycles. The van der Waals surface area contributed by atoms with Gasteiger partial charge < -0.3 is 5.11 Å². The normalized spacial score (nSPS) is 10.6. The molecular weight excluding hydrogens is 259 g/mol. The molecule has 1 heterocycles. The van der Waals surface area contributed by atoms with Gasteiger partial charge in [0.15, 0.2) is 0 Å². The SMILES string of the molecule is Cn1cc(CC(=O)O)c(-c2cc(Cl)ccc2F)n1. The first kappa shape index (κ1) is 12.6. The Balaban J connectivity index is 2.55. The highest BCUT2D eigenvalue weighted by Gasteiger charge is 2.16. The van der Waals surface area contributed by atoms with Gasteiger partial charge in [0.2, 0.25) is 0 Å². The lowest BCUT2D eigenvalue weighted by Crippen LogP contribution is -2.00. The molecule has 18 heavy (non-hydrogen) atoms. The average molecular weight is 269 g/mol. The van der Waals surface area contributed by atoms with E-state index in [2.05, 4.69) is 5.10 Å². The van der Waals surface area contributed by atoms with Crippen LogP contribution in [0, 0.1) is 5.82 Å². The summed E-state index contributed by atoms with van der Waals surface area (Å²) in [5.74, 6) is -1.48. The average Bonchev–Trinajstić information content (AvgIpc) is 2.62. The predicted octanol–water partition coefficient (Wildman–Crippen LogP) is 2.51. The molecule has 0 aliphatic rings. The van der Waals surface area contributed by atoms with E-state index in [0.717, 1.165) is 0 Å². The quantitative estimate of drug-likeness (QED) is 0.931. The number of carboxylic acid groups (broad SMARTS) is 1. The van der Waals surface area contributed by atoms with Crippen LogP contribution in [-0.2, 0) is 18.3 Å². The molecule has 0 bridgehead atoms. The molecule has 0 spiro atoms. The van der Waals surface area contributed by atoms with Crippen molar-refractivity contribution in [3.63, 3.8) is 0 Å². The maximum Gasteiger partial charge on any atom is 0.307 e. The Kier molecular flexibility index (Phi) is 3.34. The van der Waals surface area contributed by atoms with E-state index in [9.17, 15) is 9.18 Å². The first-order valence-electron chi connectivity index (χ1n) is 5.17. The number of rotatable bonds is 3. The number of nitrogens with zero attached hydrogens (tertiary/aromatic N) is 2. The van der Waals surface area contributed by atoms with Crippen molar-refractivity contribution in [1.82, 2.24) is 9.78 Å². The Morgan fingerprint density at radius 2 is 2.28 bits per heavy atom. The van der Waals surface area contributed by atoms with Crippen LogP contribution < -0.4 is 0 Å². The lowest BCUT2D eigenvalue weighted by Gasteiger charge is -2.02. The van der Waals surface area contributed by atoms with Crippen LogP contribution in [0.25, 0.3) is 11.3 Å². The predicted molar refractivity (Wildman–Crippen MR) is 65.0 cm³/mol. The zero-order valence-corrected chi connectivity index (χ0v) is 10.3. The van der Waals surface area contributed by atoms with Gasteiger partial charge in [0.25, 0.3) is 0 Å². The number of hydrogen-bond donors (Lipinski definition) is 1. The molecule has 1 N–H and O–H groups in total. The van der Waals surface area contributed by atoms with Crippen molar-refractivity contribution in [3.05, 3.63) is 40.8 Å². The van der Waals surface area contributed by atoms with Crippen LogP contribution in [0.15, 0.2) is 24.4 Å². The number of benzene rings is 1. The van der Waals surface area contributed by atoms with E-state index in [1.165, 1.54) is 22.9 Å². The largest absolute Gasteiger partial charge is 0.481 e. The molecule has 2 rings (SSSR count). The Bertz CT molecular complexity index is 610. The number of halogens is 2. The summed E-state index contributed by atoms with van der Waals surface area (Å²) < 4.78 is 15.2. The summed E-state index contributed by atoms with van der Waals surface area (Å²) in [6, 6.07) is 4.10. The number of carboxylic acids is 1. The molecular formula is C12H10ClFN2O2. The van der Waals surface area contributed by atoms with Gasteiger partial charge in [-0.2, -0.15) is 5.10 Å². The van der Waals surface area contributed by atoms with E-state index in [4.69, 9.17) is 16.7 Å². The Hall–Kier alpha value is -1.88. The van der Waals surface area contributed by atoms with Gasteiger partial charge in [-0.25, -0.2) is 4.39 Å². The van der Waals surface area contributed by atoms with E-state index in [1.54, 1.807) is 13.2 Å². The van der Waals surface area contributed by atoms with Gasteiger partial charge >= 0.3 is 5.97 Å². The smallest absolute Gasteiger partial charge is 0.307 e. The van der Waals surface area contributed by atoms with Crippen molar-refractivity contribution in [2.24, 2.45) is 7.05 Å². The third-order valence-corrected chi connectivity index (χ3v) is 2.66. The van der Waals surface area contributed by atoms with Crippen molar-refractivity contribution in [3.8, 4) is 11.3 Å². The van der Waals surface area contributed by atoms with E-state index < -0.39 is 11.8 Å². The first-order chi connectivity index (χ1) is 8.47. The Morgan fingerprint density at radius 1 is 1.56 bits per heavy atom. The molecule has 0 amide bonds. The van der Waals surface area contributed by atoms with Gasteiger partial charge in [-0.15, -0.1) is 0 Å². The van der Waals surface area contributed by atoms with Crippen molar-refractivity contribution in [1.29, 1.82) is 0 Å². The van der Waals surface area contributed by atoms with E-state index in [-0.39, 0.29) is 12.0 Å². The molecule has 4 nitrogen and oxygen atoms in total. The molecule has 0 atom stereocenters. The first-order valence-corrected chi connectivity index (χ1v) is 5.55. The fraction of sp³-hybridized carbons (Fsp3) is 0.167. The second-order valence-electron chi connectivity index (χ2n) is 3.87.